The van der Waals surface area contributed by atoms with Crippen LogP contribution in [0.3, 0.4) is 0 Å². The zero-order valence-corrected chi connectivity index (χ0v) is 50.3. The topological polar surface area (TPSA) is 175 Å². The summed E-state index contributed by atoms with van der Waals surface area (Å²) in [7, 11) is 0. The Morgan fingerprint density at radius 3 is 1.40 bits per heavy atom. The molecule has 0 aromatic carbocycles. The summed E-state index contributed by atoms with van der Waals surface area (Å²) >= 11 is 0. The van der Waals surface area contributed by atoms with Crippen molar-refractivity contribution in [3.8, 4) is 0 Å². The molecule has 0 radical (unpaired) electrons. The molecule has 0 bridgehead atoms. The van der Waals surface area contributed by atoms with E-state index >= 15 is 0 Å². The average molecular weight is 1100 g/mol. The van der Waals surface area contributed by atoms with Gasteiger partial charge >= 0.3 is 5.97 Å². The lowest BCUT2D eigenvalue weighted by molar-refractivity contribution is -0.305. The van der Waals surface area contributed by atoms with Crippen molar-refractivity contribution in [1.82, 2.24) is 5.32 Å². The number of carbonyl (C=O) groups excluding carboxylic acids is 2. The lowest BCUT2D eigenvalue weighted by Crippen LogP contribution is -2.61. The monoisotopic (exact) mass is 1100 g/mol. The smallest absolute Gasteiger partial charge is 0.306 e. The van der Waals surface area contributed by atoms with Crippen molar-refractivity contribution >= 4 is 11.9 Å². The molecule has 1 rings (SSSR count). The number of amides is 1. The maximum Gasteiger partial charge on any atom is 0.306 e. The van der Waals surface area contributed by atoms with Crippen LogP contribution in [0.25, 0.3) is 0 Å². The molecule has 0 spiro atoms. The van der Waals surface area contributed by atoms with Gasteiger partial charge in [-0.15, -0.1) is 0 Å². The summed E-state index contributed by atoms with van der Waals surface area (Å²) in [5.74, 6) is -1.21. The normalized spacial score (nSPS) is 19.3. The van der Waals surface area contributed by atoms with Gasteiger partial charge in [0.1, 0.15) is 24.4 Å². The first-order valence-corrected chi connectivity index (χ1v) is 32.6. The van der Waals surface area contributed by atoms with E-state index in [2.05, 4.69) is 74.7 Å². The second-order valence-electron chi connectivity index (χ2n) is 22.5. The molecule has 1 fully saturated rings. The lowest BCUT2D eigenvalue weighted by atomic mass is 9.99. The van der Waals surface area contributed by atoms with E-state index in [-0.39, 0.29) is 13.0 Å². The van der Waals surface area contributed by atoms with Gasteiger partial charge in [-0.25, -0.2) is 0 Å². The number of esters is 1. The van der Waals surface area contributed by atoms with Crippen LogP contribution in [0.4, 0.5) is 0 Å². The van der Waals surface area contributed by atoms with Crippen molar-refractivity contribution in [1.29, 1.82) is 0 Å². The third kappa shape index (κ3) is 42.2. The minimum absolute atomic E-state index is 0.0972. The SMILES string of the molecule is CC/C=C/C/C=C/C/C=C/CCCCCCC(=O)OC1C(OCC(NC(=O)C(O)CCCCCCCCCCCCCCCC/C=C/CCCCCCCC)C(O)/C=C/CCCCCCCCCCC)OC(CO)C(O)C1O. The highest BCUT2D eigenvalue weighted by atomic mass is 16.7. The van der Waals surface area contributed by atoms with E-state index in [0.29, 0.717) is 19.3 Å². The summed E-state index contributed by atoms with van der Waals surface area (Å²) in [6.07, 6.45) is 58.5. The van der Waals surface area contributed by atoms with Gasteiger partial charge in [0, 0.05) is 6.42 Å². The molecule has 1 aliphatic rings. The van der Waals surface area contributed by atoms with E-state index < -0.39 is 67.4 Å². The van der Waals surface area contributed by atoms with Gasteiger partial charge in [-0.1, -0.05) is 261 Å². The number of aliphatic hydroxyl groups excluding tert-OH is 5. The van der Waals surface area contributed by atoms with Crippen molar-refractivity contribution in [2.24, 2.45) is 0 Å². The highest BCUT2D eigenvalue weighted by molar-refractivity contribution is 5.80. The number of aliphatic hydroxyl groups is 5. The van der Waals surface area contributed by atoms with E-state index in [1.807, 2.05) is 6.08 Å². The molecule has 1 heterocycles. The van der Waals surface area contributed by atoms with E-state index in [4.69, 9.17) is 14.2 Å². The van der Waals surface area contributed by atoms with Gasteiger partial charge < -0.3 is 45.1 Å². The highest BCUT2D eigenvalue weighted by Crippen LogP contribution is 2.26. The van der Waals surface area contributed by atoms with E-state index in [1.54, 1.807) is 6.08 Å². The number of allylic oxidation sites excluding steroid dienone is 9. The van der Waals surface area contributed by atoms with Crippen molar-refractivity contribution < 1.29 is 49.3 Å². The van der Waals surface area contributed by atoms with Crippen molar-refractivity contribution in [3.63, 3.8) is 0 Å². The summed E-state index contributed by atoms with van der Waals surface area (Å²) in [5, 5.41) is 57.0. The Morgan fingerprint density at radius 1 is 0.513 bits per heavy atom. The Balaban J connectivity index is 2.59. The van der Waals surface area contributed by atoms with Crippen LogP contribution in [-0.2, 0) is 23.8 Å². The minimum atomic E-state index is -1.62. The van der Waals surface area contributed by atoms with Gasteiger partial charge in [0.2, 0.25) is 5.91 Å². The predicted octanol–water partition coefficient (Wildman–Crippen LogP) is 15.8. The zero-order chi connectivity index (χ0) is 56.8. The van der Waals surface area contributed by atoms with Gasteiger partial charge in [0.15, 0.2) is 12.4 Å². The number of rotatable bonds is 55. The fourth-order valence-corrected chi connectivity index (χ4v) is 10.0. The molecule has 0 aromatic heterocycles. The molecule has 0 saturated carbocycles. The summed E-state index contributed by atoms with van der Waals surface area (Å²) in [4.78, 5) is 26.5. The number of hydrogen-bond donors (Lipinski definition) is 6. The van der Waals surface area contributed by atoms with Crippen LogP contribution in [0.2, 0.25) is 0 Å². The quantitative estimate of drug-likeness (QED) is 0.0195. The zero-order valence-electron chi connectivity index (χ0n) is 50.3. The Bertz CT molecular complexity index is 1500. The molecular weight excluding hydrogens is 979 g/mol. The van der Waals surface area contributed by atoms with Gasteiger partial charge in [-0.3, -0.25) is 9.59 Å². The minimum Gasteiger partial charge on any atom is -0.454 e. The molecule has 1 saturated heterocycles. The molecule has 0 aromatic rings. The number of carbonyl (C=O) groups is 2. The maximum absolute atomic E-state index is 13.4. The van der Waals surface area contributed by atoms with Gasteiger partial charge in [0.05, 0.1) is 25.4 Å². The van der Waals surface area contributed by atoms with Crippen molar-refractivity contribution in [2.75, 3.05) is 13.2 Å². The second-order valence-corrected chi connectivity index (χ2v) is 22.5. The second kappa shape index (κ2) is 54.9. The fraction of sp³-hybridized carbons (Fsp3) is 0.821. The summed E-state index contributed by atoms with van der Waals surface area (Å²) < 4.78 is 17.6. The summed E-state index contributed by atoms with van der Waals surface area (Å²) in [6, 6.07) is -1.03. The molecule has 11 nitrogen and oxygen atoms in total. The summed E-state index contributed by atoms with van der Waals surface area (Å²) in [5.41, 5.74) is 0. The molecule has 1 aliphatic heterocycles. The highest BCUT2D eigenvalue weighted by Gasteiger charge is 2.47. The Morgan fingerprint density at radius 2 is 0.923 bits per heavy atom. The van der Waals surface area contributed by atoms with E-state index in [0.717, 1.165) is 83.5 Å². The maximum atomic E-state index is 13.4. The van der Waals surface area contributed by atoms with Gasteiger partial charge in [-0.05, 0) is 83.5 Å². The van der Waals surface area contributed by atoms with Crippen LogP contribution in [0.1, 0.15) is 290 Å². The van der Waals surface area contributed by atoms with Gasteiger partial charge in [-0.2, -0.15) is 0 Å². The largest absolute Gasteiger partial charge is 0.454 e. The van der Waals surface area contributed by atoms with Crippen LogP contribution in [0, 0.1) is 0 Å². The first-order chi connectivity index (χ1) is 38.2. The number of nitrogens with one attached hydrogen (secondary N) is 1. The molecule has 0 aliphatic carbocycles. The molecular formula is C67H121NO10. The first kappa shape index (κ1) is 73.4. The van der Waals surface area contributed by atoms with Crippen molar-refractivity contribution in [3.05, 3.63) is 60.8 Å². The van der Waals surface area contributed by atoms with Crippen LogP contribution in [0.15, 0.2) is 60.8 Å². The lowest BCUT2D eigenvalue weighted by Gasteiger charge is -2.41. The van der Waals surface area contributed by atoms with Crippen LogP contribution in [0.5, 0.6) is 0 Å². The molecule has 454 valence electrons. The number of hydrogen-bond acceptors (Lipinski definition) is 10. The Hall–Kier alpha value is -2.64. The standard InChI is InChI=1S/C67H121NO10/c1-4-7-10-13-16-19-22-24-26-27-28-29-30-31-32-33-34-35-36-39-42-45-48-51-54-60(71)66(75)68-58(59(70)53-50-47-44-41-38-21-18-15-12-9-6-3)57-76-67-65(64(74)63(73)61(56-69)77-67)78-62(72)55-52-49-46-43-40-37-25-23-20-17-14-11-8-5-2/h8,11,17,20,24-26,37,50,53,58-61,63-65,67,69-71,73-74H,4-7,9-10,12-16,18-19,21-23,27-36,38-49,51-52,54-57H2,1-3H3,(H,68,75)/b11-8+,20-17+,26-24+,37-25+,53-50+. The summed E-state index contributed by atoms with van der Waals surface area (Å²) in [6.45, 7) is 5.67. The number of ether oxygens (including phenoxy) is 3. The third-order valence-electron chi connectivity index (χ3n) is 15.2. The van der Waals surface area contributed by atoms with Gasteiger partial charge in [0.25, 0.3) is 0 Å². The predicted molar refractivity (Wildman–Crippen MR) is 324 cm³/mol. The molecule has 8 unspecified atom stereocenters. The molecule has 8 atom stereocenters. The molecule has 6 N–H and O–H groups in total. The first-order valence-electron chi connectivity index (χ1n) is 32.6. The Kier molecular flexibility index (Phi) is 51.7. The van der Waals surface area contributed by atoms with Crippen LogP contribution in [-0.4, -0.2) is 99.6 Å². The average Bonchev–Trinajstić information content (AvgIpc) is 3.44. The van der Waals surface area contributed by atoms with Crippen molar-refractivity contribution in [2.45, 2.75) is 339 Å². The fourth-order valence-electron chi connectivity index (χ4n) is 10.0. The van der Waals surface area contributed by atoms with E-state index in [9.17, 15) is 35.1 Å². The Labute approximate surface area is 478 Å². The van der Waals surface area contributed by atoms with Crippen LogP contribution < -0.4 is 5.32 Å². The van der Waals surface area contributed by atoms with E-state index in [1.165, 1.54) is 161 Å². The molecule has 11 heteroatoms. The molecule has 78 heavy (non-hydrogen) atoms. The third-order valence-corrected chi connectivity index (χ3v) is 15.2. The van der Waals surface area contributed by atoms with Crippen LogP contribution >= 0.6 is 0 Å². The molecule has 1 amide bonds. The number of unbranched alkanes of at least 4 members (excludes halogenated alkanes) is 33.